The van der Waals surface area contributed by atoms with Crippen LogP contribution in [0.4, 0.5) is 0 Å². The molecule has 0 aliphatic rings. The standard InChI is InChI=1S/C24H22N2O5/c27-23(9-5-15-26-21-7-1-2-8-22(21)31-24(26)28)30-16-18-10-12-20(13-11-18)29-17-19-6-3-4-14-25-19/h1-4,6-8,10-14H,5,9,15-17H2. The van der Waals surface area contributed by atoms with Gasteiger partial charge in [-0.25, -0.2) is 4.79 Å². The number of hydrogen-bond donors (Lipinski definition) is 0. The zero-order chi connectivity index (χ0) is 21.5. The van der Waals surface area contributed by atoms with E-state index < -0.39 is 5.76 Å². The Hall–Kier alpha value is -3.87. The lowest BCUT2D eigenvalue weighted by atomic mass is 10.2. The van der Waals surface area contributed by atoms with Crippen LogP contribution < -0.4 is 10.5 Å². The lowest BCUT2D eigenvalue weighted by Gasteiger charge is -2.08. The SMILES string of the molecule is O=C(CCCn1c(=O)oc2ccccc21)OCc1ccc(OCc2ccccn2)cc1. The molecule has 7 heteroatoms. The van der Waals surface area contributed by atoms with Gasteiger partial charge in [-0.1, -0.05) is 30.3 Å². The monoisotopic (exact) mass is 418 g/mol. The molecule has 0 aliphatic carbocycles. The number of benzene rings is 2. The number of rotatable bonds is 9. The van der Waals surface area contributed by atoms with E-state index in [0.29, 0.717) is 25.2 Å². The van der Waals surface area contributed by atoms with Gasteiger partial charge in [-0.3, -0.25) is 14.3 Å². The summed E-state index contributed by atoms with van der Waals surface area (Å²) < 4.78 is 17.8. The molecule has 0 spiro atoms. The molecule has 0 N–H and O–H groups in total. The minimum atomic E-state index is -0.417. The third kappa shape index (κ3) is 5.39. The Morgan fingerprint density at radius 2 is 1.77 bits per heavy atom. The molecule has 0 aliphatic heterocycles. The van der Waals surface area contributed by atoms with Crippen molar-refractivity contribution in [2.45, 2.75) is 32.6 Å². The molecule has 0 radical (unpaired) electrons. The molecule has 31 heavy (non-hydrogen) atoms. The van der Waals surface area contributed by atoms with Crippen molar-refractivity contribution in [3.63, 3.8) is 0 Å². The second-order valence-electron chi connectivity index (χ2n) is 7.01. The summed E-state index contributed by atoms with van der Waals surface area (Å²) >= 11 is 0. The highest BCUT2D eigenvalue weighted by molar-refractivity contribution is 5.72. The Kier molecular flexibility index (Phi) is 6.42. The molecule has 0 unspecified atom stereocenters. The number of ether oxygens (including phenoxy) is 2. The first-order chi connectivity index (χ1) is 15.2. The molecule has 0 atom stereocenters. The Bertz CT molecular complexity index is 1200. The lowest BCUT2D eigenvalue weighted by Crippen LogP contribution is -2.15. The van der Waals surface area contributed by atoms with E-state index in [9.17, 15) is 9.59 Å². The van der Waals surface area contributed by atoms with Crippen LogP contribution in [0.5, 0.6) is 5.75 Å². The Balaban J connectivity index is 1.20. The summed E-state index contributed by atoms with van der Waals surface area (Å²) in [4.78, 5) is 28.2. The summed E-state index contributed by atoms with van der Waals surface area (Å²) in [5, 5.41) is 0. The molecule has 2 aromatic carbocycles. The number of oxazole rings is 1. The van der Waals surface area contributed by atoms with Crippen LogP contribution in [0.2, 0.25) is 0 Å². The van der Waals surface area contributed by atoms with Gasteiger partial charge < -0.3 is 13.9 Å². The molecule has 0 saturated heterocycles. The molecule has 0 amide bonds. The average molecular weight is 418 g/mol. The molecule has 0 saturated carbocycles. The smallest absolute Gasteiger partial charge is 0.419 e. The maximum Gasteiger partial charge on any atom is 0.419 e. The summed E-state index contributed by atoms with van der Waals surface area (Å²) in [6.07, 6.45) is 2.44. The van der Waals surface area contributed by atoms with Gasteiger partial charge >= 0.3 is 11.7 Å². The van der Waals surface area contributed by atoms with Crippen LogP contribution in [0.15, 0.2) is 82.1 Å². The van der Waals surface area contributed by atoms with Gasteiger partial charge in [0.15, 0.2) is 5.58 Å². The highest BCUT2D eigenvalue weighted by atomic mass is 16.5. The van der Waals surface area contributed by atoms with Crippen LogP contribution in [0.25, 0.3) is 11.1 Å². The second-order valence-corrected chi connectivity index (χ2v) is 7.01. The fourth-order valence-electron chi connectivity index (χ4n) is 3.17. The van der Waals surface area contributed by atoms with Crippen molar-refractivity contribution in [1.82, 2.24) is 9.55 Å². The van der Waals surface area contributed by atoms with E-state index in [1.54, 1.807) is 12.3 Å². The van der Waals surface area contributed by atoms with Crippen molar-refractivity contribution in [2.75, 3.05) is 0 Å². The zero-order valence-electron chi connectivity index (χ0n) is 16.9. The van der Waals surface area contributed by atoms with Crippen LogP contribution in [0.3, 0.4) is 0 Å². The zero-order valence-corrected chi connectivity index (χ0v) is 16.9. The molecule has 4 aromatic rings. The fraction of sp³-hybridized carbons (Fsp3) is 0.208. The van der Waals surface area contributed by atoms with E-state index in [0.717, 1.165) is 22.5 Å². The second kappa shape index (κ2) is 9.75. The largest absolute Gasteiger partial charge is 0.487 e. The molecular formula is C24H22N2O5. The topological polar surface area (TPSA) is 83.6 Å². The van der Waals surface area contributed by atoms with Gasteiger partial charge in [-0.05, 0) is 48.4 Å². The molecule has 2 heterocycles. The first kappa shape index (κ1) is 20.4. The molecule has 7 nitrogen and oxygen atoms in total. The number of pyridine rings is 1. The minimum Gasteiger partial charge on any atom is -0.487 e. The number of carbonyl (C=O) groups excluding carboxylic acids is 1. The van der Waals surface area contributed by atoms with Crippen LogP contribution >= 0.6 is 0 Å². The van der Waals surface area contributed by atoms with Crippen molar-refractivity contribution < 1.29 is 18.7 Å². The van der Waals surface area contributed by atoms with Crippen LogP contribution in [0.1, 0.15) is 24.1 Å². The number of aromatic nitrogens is 2. The molecule has 4 rings (SSSR count). The van der Waals surface area contributed by atoms with Crippen molar-refractivity contribution >= 4 is 17.1 Å². The van der Waals surface area contributed by atoms with E-state index in [1.807, 2.05) is 60.7 Å². The molecule has 2 aromatic heterocycles. The van der Waals surface area contributed by atoms with Gasteiger partial charge in [0.25, 0.3) is 0 Å². The van der Waals surface area contributed by atoms with Crippen molar-refractivity contribution in [1.29, 1.82) is 0 Å². The summed E-state index contributed by atoms with van der Waals surface area (Å²) in [6, 6.07) is 20.3. The molecule has 0 fully saturated rings. The van der Waals surface area contributed by atoms with Gasteiger partial charge in [-0.15, -0.1) is 0 Å². The number of esters is 1. The number of carbonyl (C=O) groups is 1. The lowest BCUT2D eigenvalue weighted by molar-refractivity contribution is -0.145. The number of para-hydroxylation sites is 2. The third-order valence-electron chi connectivity index (χ3n) is 4.77. The van der Waals surface area contributed by atoms with Crippen LogP contribution in [0, 0.1) is 0 Å². The molecular weight excluding hydrogens is 396 g/mol. The third-order valence-corrected chi connectivity index (χ3v) is 4.77. The number of aryl methyl sites for hydroxylation is 1. The summed E-state index contributed by atoms with van der Waals surface area (Å²) in [5.74, 6) is -0.00485. The maximum atomic E-state index is 12.1. The van der Waals surface area contributed by atoms with Gasteiger partial charge in [-0.2, -0.15) is 0 Å². The van der Waals surface area contributed by atoms with E-state index >= 15 is 0 Å². The van der Waals surface area contributed by atoms with E-state index in [4.69, 9.17) is 13.9 Å². The minimum absolute atomic E-state index is 0.188. The first-order valence-electron chi connectivity index (χ1n) is 10.0. The maximum absolute atomic E-state index is 12.1. The highest BCUT2D eigenvalue weighted by Gasteiger charge is 2.10. The molecule has 158 valence electrons. The summed E-state index contributed by atoms with van der Waals surface area (Å²) in [5.41, 5.74) is 3.00. The van der Waals surface area contributed by atoms with E-state index in [1.165, 1.54) is 4.57 Å². The normalized spacial score (nSPS) is 10.8. The Labute approximate surface area is 178 Å². The Morgan fingerprint density at radius 1 is 0.968 bits per heavy atom. The Morgan fingerprint density at radius 3 is 2.58 bits per heavy atom. The van der Waals surface area contributed by atoms with Gasteiger partial charge in [0, 0.05) is 19.2 Å². The van der Waals surface area contributed by atoms with Gasteiger partial charge in [0.2, 0.25) is 0 Å². The van der Waals surface area contributed by atoms with Gasteiger partial charge in [0.1, 0.15) is 19.0 Å². The van der Waals surface area contributed by atoms with Crippen LogP contribution in [-0.4, -0.2) is 15.5 Å². The van der Waals surface area contributed by atoms with E-state index in [-0.39, 0.29) is 19.0 Å². The number of fused-ring (bicyclic) bond motifs is 1. The average Bonchev–Trinajstić information content (AvgIpc) is 3.13. The van der Waals surface area contributed by atoms with E-state index in [2.05, 4.69) is 4.98 Å². The predicted molar refractivity (Wildman–Crippen MR) is 115 cm³/mol. The highest BCUT2D eigenvalue weighted by Crippen LogP contribution is 2.15. The molecule has 0 bridgehead atoms. The van der Waals surface area contributed by atoms with Crippen molar-refractivity contribution in [2.24, 2.45) is 0 Å². The predicted octanol–water partition coefficient (Wildman–Crippen LogP) is 4.09. The summed E-state index contributed by atoms with van der Waals surface area (Å²) in [6.45, 7) is 0.978. The van der Waals surface area contributed by atoms with Crippen LogP contribution in [-0.2, 0) is 29.3 Å². The van der Waals surface area contributed by atoms with Crippen molar-refractivity contribution in [3.05, 3.63) is 94.7 Å². The fourth-order valence-corrected chi connectivity index (χ4v) is 3.17. The van der Waals surface area contributed by atoms with Crippen molar-refractivity contribution in [3.8, 4) is 5.75 Å². The quantitative estimate of drug-likeness (QED) is 0.381. The first-order valence-corrected chi connectivity index (χ1v) is 10.0. The number of hydrogen-bond acceptors (Lipinski definition) is 6. The van der Waals surface area contributed by atoms with Gasteiger partial charge in [0.05, 0.1) is 11.2 Å². The summed E-state index contributed by atoms with van der Waals surface area (Å²) in [7, 11) is 0. The number of nitrogens with zero attached hydrogens (tertiary/aromatic N) is 2.